The Hall–Kier alpha value is -2.54. The number of carbonyl (C=O) groups excluding carboxylic acids is 1. The predicted octanol–water partition coefficient (Wildman–Crippen LogP) is 3.32. The van der Waals surface area contributed by atoms with Crippen LogP contribution in [-0.4, -0.2) is 22.2 Å². The van der Waals surface area contributed by atoms with E-state index in [1.165, 1.54) is 0 Å². The zero-order valence-corrected chi connectivity index (χ0v) is 12.8. The van der Waals surface area contributed by atoms with Gasteiger partial charge in [0.05, 0.1) is 17.8 Å². The van der Waals surface area contributed by atoms with Gasteiger partial charge in [-0.25, -0.2) is 8.78 Å². The van der Waals surface area contributed by atoms with Gasteiger partial charge in [-0.05, 0) is 29.6 Å². The van der Waals surface area contributed by atoms with Gasteiger partial charge < -0.3 is 5.32 Å². The number of halogens is 2. The number of nitrogens with one attached hydrogen (secondary N) is 1. The van der Waals surface area contributed by atoms with Crippen LogP contribution in [0.1, 0.15) is 10.4 Å². The Morgan fingerprint density at radius 3 is 2.87 bits per heavy atom. The number of benzene rings is 1. The van der Waals surface area contributed by atoms with Gasteiger partial charge in [0.25, 0.3) is 5.91 Å². The SMILES string of the molecule is O=C(NCCn1ccc(-c2ccsc2)n1)c1ccc(F)cc1F. The second-order valence-electron chi connectivity index (χ2n) is 4.86. The molecule has 3 rings (SSSR count). The summed E-state index contributed by atoms with van der Waals surface area (Å²) in [7, 11) is 0. The quantitative estimate of drug-likeness (QED) is 0.778. The lowest BCUT2D eigenvalue weighted by Gasteiger charge is -2.06. The molecule has 7 heteroatoms. The molecule has 4 nitrogen and oxygen atoms in total. The zero-order chi connectivity index (χ0) is 16.2. The molecule has 0 aliphatic rings. The van der Waals surface area contributed by atoms with E-state index in [2.05, 4.69) is 10.4 Å². The first-order valence-corrected chi connectivity index (χ1v) is 7.87. The Morgan fingerprint density at radius 1 is 1.26 bits per heavy atom. The molecule has 0 bridgehead atoms. The van der Waals surface area contributed by atoms with E-state index in [-0.39, 0.29) is 5.56 Å². The van der Waals surface area contributed by atoms with Crippen molar-refractivity contribution in [2.24, 2.45) is 0 Å². The molecule has 0 aliphatic heterocycles. The molecule has 1 N–H and O–H groups in total. The highest BCUT2D eigenvalue weighted by Crippen LogP contribution is 2.19. The Kier molecular flexibility index (Phi) is 4.47. The Labute approximate surface area is 135 Å². The molecule has 0 fully saturated rings. The normalized spacial score (nSPS) is 10.7. The van der Waals surface area contributed by atoms with Crippen LogP contribution in [0.3, 0.4) is 0 Å². The second-order valence-corrected chi connectivity index (χ2v) is 5.64. The standard InChI is InChI=1S/C16H13F2N3OS/c17-12-1-2-13(14(18)9-12)16(22)19-5-7-21-6-3-15(20-21)11-4-8-23-10-11/h1-4,6,8-10H,5,7H2,(H,19,22). The number of rotatable bonds is 5. The highest BCUT2D eigenvalue weighted by Gasteiger charge is 2.12. The van der Waals surface area contributed by atoms with Crippen molar-refractivity contribution in [1.82, 2.24) is 15.1 Å². The minimum atomic E-state index is -0.874. The summed E-state index contributed by atoms with van der Waals surface area (Å²) in [5.74, 6) is -2.16. The lowest BCUT2D eigenvalue weighted by Crippen LogP contribution is -2.28. The summed E-state index contributed by atoms with van der Waals surface area (Å²) >= 11 is 1.60. The molecule has 23 heavy (non-hydrogen) atoms. The summed E-state index contributed by atoms with van der Waals surface area (Å²) in [5, 5.41) is 11.0. The molecule has 0 radical (unpaired) electrons. The van der Waals surface area contributed by atoms with E-state index in [4.69, 9.17) is 0 Å². The molecule has 1 aromatic carbocycles. The molecule has 0 saturated heterocycles. The van der Waals surface area contributed by atoms with Crippen molar-refractivity contribution in [3.05, 3.63) is 64.5 Å². The highest BCUT2D eigenvalue weighted by molar-refractivity contribution is 7.08. The number of aromatic nitrogens is 2. The lowest BCUT2D eigenvalue weighted by molar-refractivity contribution is 0.0948. The summed E-state index contributed by atoms with van der Waals surface area (Å²) in [6.45, 7) is 0.749. The van der Waals surface area contributed by atoms with Crippen LogP contribution in [0.5, 0.6) is 0 Å². The van der Waals surface area contributed by atoms with Gasteiger partial charge in [-0.15, -0.1) is 0 Å². The van der Waals surface area contributed by atoms with Crippen molar-refractivity contribution in [1.29, 1.82) is 0 Å². The third kappa shape index (κ3) is 3.62. The van der Waals surface area contributed by atoms with E-state index < -0.39 is 17.5 Å². The molecule has 0 unspecified atom stereocenters. The molecule has 0 atom stereocenters. The van der Waals surface area contributed by atoms with Crippen LogP contribution < -0.4 is 5.32 Å². The van der Waals surface area contributed by atoms with Crippen molar-refractivity contribution < 1.29 is 13.6 Å². The van der Waals surface area contributed by atoms with Crippen molar-refractivity contribution in [2.75, 3.05) is 6.54 Å². The van der Waals surface area contributed by atoms with Crippen LogP contribution in [0.25, 0.3) is 11.3 Å². The minimum Gasteiger partial charge on any atom is -0.350 e. The van der Waals surface area contributed by atoms with Gasteiger partial charge in [-0.2, -0.15) is 16.4 Å². The molecule has 3 aromatic rings. The summed E-state index contributed by atoms with van der Waals surface area (Å²) in [5.41, 5.74) is 1.74. The number of nitrogens with zero attached hydrogens (tertiary/aromatic N) is 2. The summed E-state index contributed by atoms with van der Waals surface area (Å²) in [6.07, 6.45) is 1.82. The first kappa shape index (κ1) is 15.4. The van der Waals surface area contributed by atoms with Gasteiger partial charge in [0, 0.05) is 29.8 Å². The molecule has 0 aliphatic carbocycles. The first-order valence-electron chi connectivity index (χ1n) is 6.93. The number of hydrogen-bond donors (Lipinski definition) is 1. The number of carbonyl (C=O) groups is 1. The topological polar surface area (TPSA) is 46.9 Å². The van der Waals surface area contributed by atoms with Crippen molar-refractivity contribution in [3.8, 4) is 11.3 Å². The molecule has 2 heterocycles. The highest BCUT2D eigenvalue weighted by atomic mass is 32.1. The molecular weight excluding hydrogens is 320 g/mol. The largest absolute Gasteiger partial charge is 0.350 e. The van der Waals surface area contributed by atoms with Crippen molar-refractivity contribution >= 4 is 17.2 Å². The fourth-order valence-corrected chi connectivity index (χ4v) is 2.75. The minimum absolute atomic E-state index is 0.175. The zero-order valence-electron chi connectivity index (χ0n) is 12.0. The third-order valence-corrected chi connectivity index (χ3v) is 3.94. The average Bonchev–Trinajstić information content (AvgIpc) is 3.18. The van der Waals surface area contributed by atoms with Crippen LogP contribution in [0, 0.1) is 11.6 Å². The first-order chi connectivity index (χ1) is 11.1. The van der Waals surface area contributed by atoms with Crippen LogP contribution >= 0.6 is 11.3 Å². The smallest absolute Gasteiger partial charge is 0.254 e. The Morgan fingerprint density at radius 2 is 2.13 bits per heavy atom. The van der Waals surface area contributed by atoms with Crippen LogP contribution in [0.15, 0.2) is 47.3 Å². The van der Waals surface area contributed by atoms with Gasteiger partial charge >= 0.3 is 0 Å². The van der Waals surface area contributed by atoms with E-state index in [0.29, 0.717) is 19.2 Å². The van der Waals surface area contributed by atoms with Crippen LogP contribution in [-0.2, 0) is 6.54 Å². The molecule has 0 spiro atoms. The maximum atomic E-state index is 13.5. The molecular formula is C16H13F2N3OS. The van der Waals surface area contributed by atoms with Gasteiger partial charge in [-0.1, -0.05) is 0 Å². The number of thiophene rings is 1. The van der Waals surface area contributed by atoms with E-state index in [0.717, 1.165) is 23.4 Å². The van der Waals surface area contributed by atoms with E-state index >= 15 is 0 Å². The van der Waals surface area contributed by atoms with Gasteiger partial charge in [0.1, 0.15) is 11.6 Å². The average molecular weight is 333 g/mol. The third-order valence-electron chi connectivity index (χ3n) is 3.26. The monoisotopic (exact) mass is 333 g/mol. The Balaban J connectivity index is 1.56. The van der Waals surface area contributed by atoms with Crippen molar-refractivity contribution in [3.63, 3.8) is 0 Å². The number of amides is 1. The molecule has 0 saturated carbocycles. The summed E-state index contributed by atoms with van der Waals surface area (Å²) in [6, 6.07) is 6.75. The van der Waals surface area contributed by atoms with Crippen LogP contribution in [0.2, 0.25) is 0 Å². The predicted molar refractivity (Wildman–Crippen MR) is 84.2 cm³/mol. The molecule has 2 aromatic heterocycles. The lowest BCUT2D eigenvalue weighted by atomic mass is 10.2. The van der Waals surface area contributed by atoms with Crippen molar-refractivity contribution in [2.45, 2.75) is 6.54 Å². The van der Waals surface area contributed by atoms with Crippen LogP contribution in [0.4, 0.5) is 8.78 Å². The van der Waals surface area contributed by atoms with E-state index in [1.54, 1.807) is 16.0 Å². The fraction of sp³-hybridized carbons (Fsp3) is 0.125. The molecule has 118 valence electrons. The second kappa shape index (κ2) is 6.70. The maximum absolute atomic E-state index is 13.5. The summed E-state index contributed by atoms with van der Waals surface area (Å²) in [4.78, 5) is 11.9. The summed E-state index contributed by atoms with van der Waals surface area (Å²) < 4.78 is 28.0. The molecule has 1 amide bonds. The van der Waals surface area contributed by atoms with E-state index in [1.807, 2.05) is 29.1 Å². The van der Waals surface area contributed by atoms with Gasteiger partial charge in [0.2, 0.25) is 0 Å². The van der Waals surface area contributed by atoms with E-state index in [9.17, 15) is 13.6 Å². The number of hydrogen-bond acceptors (Lipinski definition) is 3. The van der Waals surface area contributed by atoms with Gasteiger partial charge in [-0.3, -0.25) is 9.48 Å². The van der Waals surface area contributed by atoms with Gasteiger partial charge in [0.15, 0.2) is 0 Å². The fourth-order valence-electron chi connectivity index (χ4n) is 2.10. The Bertz CT molecular complexity index is 815. The maximum Gasteiger partial charge on any atom is 0.254 e.